The van der Waals surface area contributed by atoms with E-state index in [2.05, 4.69) is 27.3 Å². The summed E-state index contributed by atoms with van der Waals surface area (Å²) in [4.78, 5) is 2.30. The fourth-order valence-corrected chi connectivity index (χ4v) is 2.70. The third kappa shape index (κ3) is 2.88. The first kappa shape index (κ1) is 14.0. The predicted octanol–water partition coefficient (Wildman–Crippen LogP) is 1.05. The molecule has 1 N–H and O–H groups in total. The molecule has 7 nitrogen and oxygen atoms in total. The number of hydrogen-bond acceptors (Lipinski definition) is 6. The van der Waals surface area contributed by atoms with E-state index in [1.165, 1.54) is 0 Å². The van der Waals surface area contributed by atoms with Gasteiger partial charge in [0, 0.05) is 20.1 Å². The number of aryl methyl sites for hydroxylation is 1. The van der Waals surface area contributed by atoms with Gasteiger partial charge in [-0.05, 0) is 35.0 Å². The SMILES string of the molecule is CC(c1nnnn1C)N1CCOC(c2cccc(O)c2)C1. The first-order valence-corrected chi connectivity index (χ1v) is 7.02. The number of ether oxygens (including phenoxy) is 1. The summed E-state index contributed by atoms with van der Waals surface area (Å²) in [5.74, 6) is 1.10. The molecule has 1 aliphatic heterocycles. The third-order valence-corrected chi connectivity index (χ3v) is 3.91. The lowest BCUT2D eigenvalue weighted by Gasteiger charge is -2.36. The van der Waals surface area contributed by atoms with Gasteiger partial charge in [0.2, 0.25) is 0 Å². The molecule has 2 heterocycles. The van der Waals surface area contributed by atoms with Crippen molar-refractivity contribution in [2.24, 2.45) is 7.05 Å². The monoisotopic (exact) mass is 289 g/mol. The van der Waals surface area contributed by atoms with Crippen molar-refractivity contribution < 1.29 is 9.84 Å². The maximum atomic E-state index is 9.61. The molecule has 0 aliphatic carbocycles. The molecule has 0 bridgehead atoms. The number of hydrogen-bond donors (Lipinski definition) is 1. The number of aromatic nitrogens is 4. The Balaban J connectivity index is 1.75. The van der Waals surface area contributed by atoms with Gasteiger partial charge in [0.15, 0.2) is 5.82 Å². The molecule has 21 heavy (non-hydrogen) atoms. The highest BCUT2D eigenvalue weighted by Crippen LogP contribution is 2.28. The molecule has 0 saturated carbocycles. The zero-order valence-corrected chi connectivity index (χ0v) is 12.2. The second-order valence-electron chi connectivity index (χ2n) is 5.29. The van der Waals surface area contributed by atoms with Crippen molar-refractivity contribution in [2.45, 2.75) is 19.1 Å². The Kier molecular flexibility index (Phi) is 3.85. The Morgan fingerprint density at radius 3 is 3.00 bits per heavy atom. The molecular formula is C14H19N5O2. The molecular weight excluding hydrogens is 270 g/mol. The first-order chi connectivity index (χ1) is 10.1. The largest absolute Gasteiger partial charge is 0.508 e. The summed E-state index contributed by atoms with van der Waals surface area (Å²) in [6.45, 7) is 4.33. The van der Waals surface area contributed by atoms with Crippen LogP contribution in [0.15, 0.2) is 24.3 Å². The summed E-state index contributed by atoms with van der Waals surface area (Å²) >= 11 is 0. The molecule has 1 saturated heterocycles. The molecule has 3 rings (SSSR count). The van der Waals surface area contributed by atoms with Gasteiger partial charge in [0.25, 0.3) is 0 Å². The second kappa shape index (κ2) is 5.79. The van der Waals surface area contributed by atoms with Gasteiger partial charge in [0.05, 0.1) is 18.8 Å². The van der Waals surface area contributed by atoms with Crippen LogP contribution in [0.1, 0.15) is 30.5 Å². The quantitative estimate of drug-likeness (QED) is 0.910. The van der Waals surface area contributed by atoms with E-state index in [0.29, 0.717) is 6.61 Å². The van der Waals surface area contributed by atoms with Crippen LogP contribution in [0, 0.1) is 0 Å². The number of morpholine rings is 1. The average molecular weight is 289 g/mol. The molecule has 0 spiro atoms. The van der Waals surface area contributed by atoms with Gasteiger partial charge in [-0.3, -0.25) is 4.90 Å². The van der Waals surface area contributed by atoms with Crippen LogP contribution in [0.3, 0.4) is 0 Å². The molecule has 0 amide bonds. The van der Waals surface area contributed by atoms with Crippen molar-refractivity contribution in [3.63, 3.8) is 0 Å². The molecule has 0 radical (unpaired) electrons. The zero-order chi connectivity index (χ0) is 14.8. The van der Waals surface area contributed by atoms with Gasteiger partial charge in [0.1, 0.15) is 5.75 Å². The van der Waals surface area contributed by atoms with E-state index in [0.717, 1.165) is 24.5 Å². The summed E-state index contributed by atoms with van der Waals surface area (Å²) in [5.41, 5.74) is 0.989. The van der Waals surface area contributed by atoms with Gasteiger partial charge in [-0.2, -0.15) is 0 Å². The normalized spacial score (nSPS) is 21.3. The van der Waals surface area contributed by atoms with E-state index in [4.69, 9.17) is 4.74 Å². The lowest BCUT2D eigenvalue weighted by molar-refractivity contribution is -0.0447. The van der Waals surface area contributed by atoms with Crippen LogP contribution in [0.2, 0.25) is 0 Å². The van der Waals surface area contributed by atoms with Gasteiger partial charge in [-0.25, -0.2) is 4.68 Å². The molecule has 112 valence electrons. The molecule has 1 aliphatic rings. The molecule has 1 aromatic carbocycles. The highest BCUT2D eigenvalue weighted by atomic mass is 16.5. The molecule has 2 atom stereocenters. The maximum absolute atomic E-state index is 9.61. The van der Waals surface area contributed by atoms with Crippen LogP contribution < -0.4 is 0 Å². The molecule has 2 unspecified atom stereocenters. The van der Waals surface area contributed by atoms with Crippen molar-refractivity contribution >= 4 is 0 Å². The Labute approximate surface area is 123 Å². The minimum Gasteiger partial charge on any atom is -0.508 e. The minimum absolute atomic E-state index is 0.0468. The summed E-state index contributed by atoms with van der Waals surface area (Å²) in [5, 5.41) is 21.3. The van der Waals surface area contributed by atoms with Crippen molar-refractivity contribution in [1.29, 1.82) is 0 Å². The number of tetrazole rings is 1. The minimum atomic E-state index is -0.0468. The molecule has 1 aromatic heterocycles. The lowest BCUT2D eigenvalue weighted by atomic mass is 10.1. The zero-order valence-electron chi connectivity index (χ0n) is 12.2. The Morgan fingerprint density at radius 1 is 1.43 bits per heavy atom. The first-order valence-electron chi connectivity index (χ1n) is 7.02. The Hall–Kier alpha value is -1.99. The van der Waals surface area contributed by atoms with Gasteiger partial charge in [-0.1, -0.05) is 12.1 Å². The molecule has 7 heteroatoms. The van der Waals surface area contributed by atoms with E-state index in [1.807, 2.05) is 19.2 Å². The lowest BCUT2D eigenvalue weighted by Crippen LogP contribution is -2.40. The maximum Gasteiger partial charge on any atom is 0.167 e. The van der Waals surface area contributed by atoms with E-state index >= 15 is 0 Å². The van der Waals surface area contributed by atoms with Crippen LogP contribution in [0.4, 0.5) is 0 Å². The van der Waals surface area contributed by atoms with E-state index in [-0.39, 0.29) is 17.9 Å². The topological polar surface area (TPSA) is 76.3 Å². The number of phenols is 1. The number of nitrogens with zero attached hydrogens (tertiary/aromatic N) is 5. The highest BCUT2D eigenvalue weighted by molar-refractivity contribution is 5.29. The molecule has 2 aromatic rings. The van der Waals surface area contributed by atoms with Crippen molar-refractivity contribution in [1.82, 2.24) is 25.1 Å². The van der Waals surface area contributed by atoms with Crippen molar-refractivity contribution in [3.8, 4) is 5.75 Å². The fourth-order valence-electron chi connectivity index (χ4n) is 2.70. The van der Waals surface area contributed by atoms with Gasteiger partial charge in [-0.15, -0.1) is 5.10 Å². The van der Waals surface area contributed by atoms with Crippen LogP contribution >= 0.6 is 0 Å². The standard InChI is InChI=1S/C14H19N5O2/c1-10(14-15-16-17-18(14)2)19-6-7-21-13(9-19)11-4-3-5-12(20)8-11/h3-5,8,10,13,20H,6-7,9H2,1-2H3. The Morgan fingerprint density at radius 2 is 2.29 bits per heavy atom. The second-order valence-corrected chi connectivity index (χ2v) is 5.29. The van der Waals surface area contributed by atoms with Crippen LogP contribution in [0.25, 0.3) is 0 Å². The third-order valence-electron chi connectivity index (χ3n) is 3.91. The number of benzene rings is 1. The Bertz CT molecular complexity index is 615. The smallest absolute Gasteiger partial charge is 0.167 e. The van der Waals surface area contributed by atoms with Crippen LogP contribution in [-0.2, 0) is 11.8 Å². The van der Waals surface area contributed by atoms with E-state index in [1.54, 1.807) is 16.8 Å². The number of rotatable bonds is 3. The van der Waals surface area contributed by atoms with Gasteiger partial charge >= 0.3 is 0 Å². The van der Waals surface area contributed by atoms with E-state index in [9.17, 15) is 5.11 Å². The summed E-state index contributed by atoms with van der Waals surface area (Å²) < 4.78 is 7.53. The van der Waals surface area contributed by atoms with Crippen molar-refractivity contribution in [2.75, 3.05) is 19.7 Å². The van der Waals surface area contributed by atoms with E-state index < -0.39 is 0 Å². The highest BCUT2D eigenvalue weighted by Gasteiger charge is 2.28. The fraction of sp³-hybridized carbons (Fsp3) is 0.500. The summed E-state index contributed by atoms with van der Waals surface area (Å²) in [6.07, 6.45) is -0.0468. The van der Waals surface area contributed by atoms with Crippen LogP contribution in [0.5, 0.6) is 5.75 Å². The number of aromatic hydroxyl groups is 1. The summed E-state index contributed by atoms with van der Waals surface area (Å²) in [6, 6.07) is 7.35. The average Bonchev–Trinajstić information content (AvgIpc) is 2.93. The van der Waals surface area contributed by atoms with Crippen molar-refractivity contribution in [3.05, 3.63) is 35.7 Å². The summed E-state index contributed by atoms with van der Waals surface area (Å²) in [7, 11) is 1.85. The van der Waals surface area contributed by atoms with Gasteiger partial charge < -0.3 is 9.84 Å². The molecule has 1 fully saturated rings. The predicted molar refractivity (Wildman–Crippen MR) is 75.6 cm³/mol. The van der Waals surface area contributed by atoms with Crippen LogP contribution in [-0.4, -0.2) is 49.9 Å². The number of phenolic OH excluding ortho intramolecular Hbond substituents is 1.